The van der Waals surface area contributed by atoms with Crippen molar-refractivity contribution in [1.82, 2.24) is 0 Å². The molecule has 0 atom stereocenters. The summed E-state index contributed by atoms with van der Waals surface area (Å²) in [5, 5.41) is 4.75. The van der Waals surface area contributed by atoms with E-state index in [9.17, 15) is 0 Å². The lowest BCUT2D eigenvalue weighted by Gasteiger charge is -2.46. The average molecular weight is 605 g/mol. The molecule has 0 amide bonds. The molecule has 46 heavy (non-hydrogen) atoms. The Kier molecular flexibility index (Phi) is 5.83. The summed E-state index contributed by atoms with van der Waals surface area (Å²) >= 11 is 0. The van der Waals surface area contributed by atoms with Crippen LogP contribution in [-0.4, -0.2) is 27.4 Å². The van der Waals surface area contributed by atoms with Gasteiger partial charge in [-0.15, -0.1) is 0 Å². The van der Waals surface area contributed by atoms with Crippen LogP contribution < -0.4 is 0 Å². The van der Waals surface area contributed by atoms with Crippen molar-refractivity contribution in [2.75, 3.05) is 27.4 Å². The van der Waals surface area contributed by atoms with Gasteiger partial charge >= 0.3 is 0 Å². The quantitative estimate of drug-likeness (QED) is 0.189. The lowest BCUT2D eigenvalue weighted by molar-refractivity contribution is -0.283. The molecule has 0 unspecified atom stereocenters. The van der Waals surface area contributed by atoms with Crippen LogP contribution in [0.5, 0.6) is 0 Å². The minimum absolute atomic E-state index is 0.0443. The normalized spacial score (nSPS) is 18.0. The van der Waals surface area contributed by atoms with Gasteiger partial charge in [-0.3, -0.25) is 0 Å². The summed E-state index contributed by atoms with van der Waals surface area (Å²) in [5.41, 5.74) is 12.4. The number of benzene rings is 6. The van der Waals surface area contributed by atoms with Crippen molar-refractivity contribution >= 4 is 21.5 Å². The van der Waals surface area contributed by atoms with Crippen LogP contribution >= 0.6 is 0 Å². The summed E-state index contributed by atoms with van der Waals surface area (Å²) in [6.07, 6.45) is 0. The van der Waals surface area contributed by atoms with Gasteiger partial charge in [0.05, 0.1) is 13.2 Å². The van der Waals surface area contributed by atoms with E-state index < -0.39 is 11.6 Å². The second-order valence-electron chi connectivity index (χ2n) is 13.8. The fourth-order valence-electron chi connectivity index (χ4n) is 8.17. The van der Waals surface area contributed by atoms with Crippen molar-refractivity contribution in [3.05, 3.63) is 131 Å². The molecule has 1 spiro atoms. The molecule has 0 N–H and O–H groups in total. The largest absolute Gasteiger partial charge is 0.346 e. The minimum atomic E-state index is -0.973. The first-order valence-electron chi connectivity index (χ1n) is 16.0. The Morgan fingerprint density at radius 3 is 1.89 bits per heavy atom. The van der Waals surface area contributed by atoms with Gasteiger partial charge < -0.3 is 18.9 Å². The molecule has 9 rings (SSSR count). The molecule has 4 nitrogen and oxygen atoms in total. The van der Waals surface area contributed by atoms with E-state index in [0.717, 1.165) is 33.4 Å². The SMILES string of the molecule is COC1(OC)c2ccccc2-c2cc(-c3cc4c5c(cccc5c3)C3(OCC(C)(C)CO3)c3ccccc3-4)cc3c(C)ccc1c23. The summed E-state index contributed by atoms with van der Waals surface area (Å²) in [7, 11) is 3.46. The lowest BCUT2D eigenvalue weighted by atomic mass is 9.76. The molecule has 228 valence electrons. The maximum Gasteiger partial charge on any atom is 0.223 e. The number of ether oxygens (including phenoxy) is 4. The summed E-state index contributed by atoms with van der Waals surface area (Å²) in [5.74, 6) is -1.89. The van der Waals surface area contributed by atoms with Gasteiger partial charge in [-0.1, -0.05) is 92.7 Å². The van der Waals surface area contributed by atoms with Crippen LogP contribution in [0.2, 0.25) is 0 Å². The Morgan fingerprint density at radius 1 is 0.565 bits per heavy atom. The second-order valence-corrected chi connectivity index (χ2v) is 13.8. The molecule has 2 aliphatic carbocycles. The topological polar surface area (TPSA) is 36.9 Å². The Balaban J connectivity index is 1.32. The van der Waals surface area contributed by atoms with Crippen molar-refractivity contribution < 1.29 is 18.9 Å². The Morgan fingerprint density at radius 2 is 1.17 bits per heavy atom. The summed E-state index contributed by atoms with van der Waals surface area (Å²) in [6, 6.07) is 37.3. The predicted octanol–water partition coefficient (Wildman–Crippen LogP) is 9.70. The average Bonchev–Trinajstić information content (AvgIpc) is 3.09. The highest BCUT2D eigenvalue weighted by atomic mass is 16.7. The molecule has 0 bridgehead atoms. The third kappa shape index (κ3) is 3.59. The van der Waals surface area contributed by atoms with Crippen LogP contribution in [0.15, 0.2) is 103 Å². The first kappa shape index (κ1) is 27.9. The highest BCUT2D eigenvalue weighted by Gasteiger charge is 2.48. The molecule has 0 saturated carbocycles. The van der Waals surface area contributed by atoms with E-state index in [1.54, 1.807) is 14.2 Å². The van der Waals surface area contributed by atoms with Crippen LogP contribution in [0.1, 0.15) is 41.7 Å². The van der Waals surface area contributed by atoms with Crippen LogP contribution in [0, 0.1) is 12.3 Å². The molecule has 0 radical (unpaired) electrons. The van der Waals surface area contributed by atoms with E-state index in [2.05, 4.69) is 124 Å². The molecule has 6 aromatic rings. The number of methoxy groups -OCH3 is 2. The van der Waals surface area contributed by atoms with Crippen molar-refractivity contribution in [3.8, 4) is 33.4 Å². The fraction of sp³-hybridized carbons (Fsp3) is 0.238. The summed E-state index contributed by atoms with van der Waals surface area (Å²) < 4.78 is 25.9. The number of fused-ring (bicyclic) bond motifs is 6. The minimum Gasteiger partial charge on any atom is -0.346 e. The van der Waals surface area contributed by atoms with E-state index in [1.807, 2.05) is 0 Å². The zero-order chi connectivity index (χ0) is 31.4. The van der Waals surface area contributed by atoms with Gasteiger partial charge in [0.15, 0.2) is 0 Å². The third-order valence-corrected chi connectivity index (χ3v) is 10.4. The molecule has 1 saturated heterocycles. The Labute approximate surface area is 269 Å². The van der Waals surface area contributed by atoms with Gasteiger partial charge in [0.25, 0.3) is 0 Å². The molecular formula is C42H36O4. The van der Waals surface area contributed by atoms with Gasteiger partial charge in [-0.05, 0) is 91.7 Å². The number of aryl methyl sites for hydroxylation is 1. The van der Waals surface area contributed by atoms with Crippen LogP contribution in [0.4, 0.5) is 0 Å². The van der Waals surface area contributed by atoms with Crippen LogP contribution in [0.25, 0.3) is 54.9 Å². The van der Waals surface area contributed by atoms with Gasteiger partial charge in [-0.2, -0.15) is 0 Å². The molecule has 4 heteroatoms. The maximum absolute atomic E-state index is 6.75. The number of hydrogen-bond donors (Lipinski definition) is 0. The zero-order valence-electron chi connectivity index (χ0n) is 26.9. The van der Waals surface area contributed by atoms with Gasteiger partial charge in [0, 0.05) is 41.9 Å². The standard InChI is InChI=1S/C42H36O4/c1-25-17-18-37-39-31(25)20-28(22-33(39)30-13-6-8-14-34(30)41(37,43-4)44-5)27-19-26-11-10-16-36-38(26)32(21-27)29-12-7-9-15-35(29)42(36)45-23-40(2,3)24-46-42/h6-22H,23-24H2,1-5H3. The molecule has 0 aromatic heterocycles. The molecule has 1 aliphatic heterocycles. The first-order chi connectivity index (χ1) is 22.3. The van der Waals surface area contributed by atoms with Crippen molar-refractivity contribution in [1.29, 1.82) is 0 Å². The molecule has 6 aromatic carbocycles. The van der Waals surface area contributed by atoms with Crippen LogP contribution in [0.3, 0.4) is 0 Å². The number of hydrogen-bond acceptors (Lipinski definition) is 4. The van der Waals surface area contributed by atoms with Crippen molar-refractivity contribution in [2.24, 2.45) is 5.41 Å². The number of rotatable bonds is 3. The zero-order valence-corrected chi connectivity index (χ0v) is 26.9. The highest BCUT2D eigenvalue weighted by molar-refractivity contribution is 6.09. The lowest BCUT2D eigenvalue weighted by Crippen LogP contribution is -2.47. The van der Waals surface area contributed by atoms with E-state index in [0.29, 0.717) is 13.2 Å². The van der Waals surface area contributed by atoms with E-state index >= 15 is 0 Å². The van der Waals surface area contributed by atoms with E-state index in [1.165, 1.54) is 49.4 Å². The highest BCUT2D eigenvalue weighted by Crippen LogP contribution is 2.55. The van der Waals surface area contributed by atoms with Crippen molar-refractivity contribution in [2.45, 2.75) is 32.3 Å². The molecule has 1 heterocycles. The van der Waals surface area contributed by atoms with Gasteiger partial charge in [-0.25, -0.2) is 0 Å². The fourth-order valence-corrected chi connectivity index (χ4v) is 8.17. The second kappa shape index (κ2) is 9.60. The Bertz CT molecular complexity index is 2230. The monoisotopic (exact) mass is 604 g/mol. The summed E-state index contributed by atoms with van der Waals surface area (Å²) in [6.45, 7) is 7.83. The predicted molar refractivity (Wildman–Crippen MR) is 184 cm³/mol. The molecule has 3 aliphatic rings. The van der Waals surface area contributed by atoms with E-state index in [-0.39, 0.29) is 5.41 Å². The van der Waals surface area contributed by atoms with Crippen molar-refractivity contribution in [3.63, 3.8) is 0 Å². The van der Waals surface area contributed by atoms with Crippen LogP contribution in [-0.2, 0) is 30.5 Å². The molecular weight excluding hydrogens is 568 g/mol. The smallest absolute Gasteiger partial charge is 0.223 e. The first-order valence-corrected chi connectivity index (χ1v) is 16.0. The summed E-state index contributed by atoms with van der Waals surface area (Å²) in [4.78, 5) is 0. The third-order valence-electron chi connectivity index (χ3n) is 10.4. The Hall–Kier alpha value is -4.32. The van der Waals surface area contributed by atoms with Gasteiger partial charge in [0.1, 0.15) is 0 Å². The molecule has 1 fully saturated rings. The maximum atomic E-state index is 6.75. The van der Waals surface area contributed by atoms with E-state index in [4.69, 9.17) is 18.9 Å². The van der Waals surface area contributed by atoms with Gasteiger partial charge in [0.2, 0.25) is 11.6 Å².